The summed E-state index contributed by atoms with van der Waals surface area (Å²) in [5, 5.41) is 2.73. The van der Waals surface area contributed by atoms with Crippen molar-refractivity contribution < 1.29 is 9.21 Å². The summed E-state index contributed by atoms with van der Waals surface area (Å²) in [6.07, 6.45) is 4.44. The molecule has 0 radical (unpaired) electrons. The molecule has 0 fully saturated rings. The van der Waals surface area contributed by atoms with E-state index in [9.17, 15) is 9.59 Å². The molecule has 1 aromatic carbocycles. The number of hydrogen-bond donors (Lipinski definition) is 1. The van der Waals surface area contributed by atoms with Crippen LogP contribution in [-0.2, 0) is 11.8 Å². The third-order valence-corrected chi connectivity index (χ3v) is 4.05. The molecule has 6 heteroatoms. The maximum atomic E-state index is 13.0. The van der Waals surface area contributed by atoms with Gasteiger partial charge >= 0.3 is 0 Å². The molecule has 6 nitrogen and oxygen atoms in total. The number of nitrogens with one attached hydrogen (secondary N) is 1. The van der Waals surface area contributed by atoms with Gasteiger partial charge in [0.05, 0.1) is 17.6 Å². The number of nitrogens with zero attached hydrogens (tertiary/aromatic N) is 2. The van der Waals surface area contributed by atoms with Gasteiger partial charge in [0.1, 0.15) is 11.4 Å². The Hall–Kier alpha value is -3.28. The molecule has 0 atom stereocenters. The molecule has 134 valence electrons. The Labute approximate surface area is 151 Å². The van der Waals surface area contributed by atoms with Gasteiger partial charge in [0, 0.05) is 13.1 Å². The first kappa shape index (κ1) is 17.5. The number of amides is 1. The van der Waals surface area contributed by atoms with Gasteiger partial charge in [-0.3, -0.25) is 14.3 Å². The Morgan fingerprint density at radius 3 is 2.50 bits per heavy atom. The van der Waals surface area contributed by atoms with E-state index in [2.05, 4.69) is 5.32 Å². The second-order valence-corrected chi connectivity index (χ2v) is 6.23. The van der Waals surface area contributed by atoms with E-state index in [1.54, 1.807) is 27.6 Å². The van der Waals surface area contributed by atoms with Crippen molar-refractivity contribution in [3.63, 3.8) is 0 Å². The molecule has 0 unspecified atom stereocenters. The van der Waals surface area contributed by atoms with Crippen LogP contribution in [0.3, 0.4) is 0 Å². The standard InChI is InChI=1S/C20H21N3O3/c1-14(2)19-18(21-17(24)12-11-16-10-7-13-26-16)20(25)23(22(19)3)15-8-5-4-6-9-15/h4-14H,1-3H3,(H,21,24)/b12-11+. The van der Waals surface area contributed by atoms with Crippen LogP contribution in [0.4, 0.5) is 5.69 Å². The molecule has 26 heavy (non-hydrogen) atoms. The van der Waals surface area contributed by atoms with E-state index in [0.29, 0.717) is 11.4 Å². The fraction of sp³-hybridized carbons (Fsp3) is 0.200. The monoisotopic (exact) mass is 351 g/mol. The van der Waals surface area contributed by atoms with Crippen molar-refractivity contribution >= 4 is 17.7 Å². The van der Waals surface area contributed by atoms with Crippen LogP contribution >= 0.6 is 0 Å². The van der Waals surface area contributed by atoms with Crippen molar-refractivity contribution in [2.45, 2.75) is 19.8 Å². The highest BCUT2D eigenvalue weighted by molar-refractivity contribution is 6.02. The van der Waals surface area contributed by atoms with E-state index < -0.39 is 0 Å². The summed E-state index contributed by atoms with van der Waals surface area (Å²) in [7, 11) is 1.82. The Morgan fingerprint density at radius 2 is 1.88 bits per heavy atom. The minimum absolute atomic E-state index is 0.0574. The number of anilines is 1. The summed E-state index contributed by atoms with van der Waals surface area (Å²) in [4.78, 5) is 25.3. The van der Waals surface area contributed by atoms with Crippen LogP contribution in [-0.4, -0.2) is 15.3 Å². The fourth-order valence-corrected chi connectivity index (χ4v) is 2.97. The molecule has 0 aliphatic carbocycles. The number of para-hydroxylation sites is 1. The quantitative estimate of drug-likeness (QED) is 0.715. The number of aromatic nitrogens is 2. The molecule has 0 spiro atoms. The summed E-state index contributed by atoms with van der Waals surface area (Å²) in [6, 6.07) is 12.8. The van der Waals surface area contributed by atoms with Gasteiger partial charge in [-0.15, -0.1) is 0 Å². The zero-order valence-electron chi connectivity index (χ0n) is 15.0. The van der Waals surface area contributed by atoms with Crippen LogP contribution in [0.2, 0.25) is 0 Å². The molecule has 2 aromatic heterocycles. The SMILES string of the molecule is CC(C)c1c(NC(=O)/C=C/c2ccco2)c(=O)n(-c2ccccc2)n1C. The molecule has 0 saturated heterocycles. The van der Waals surface area contributed by atoms with Crippen molar-refractivity contribution in [2.75, 3.05) is 5.32 Å². The maximum absolute atomic E-state index is 13.0. The lowest BCUT2D eigenvalue weighted by molar-refractivity contribution is -0.111. The summed E-state index contributed by atoms with van der Waals surface area (Å²) < 4.78 is 8.51. The van der Waals surface area contributed by atoms with E-state index in [1.807, 2.05) is 51.2 Å². The Morgan fingerprint density at radius 1 is 1.15 bits per heavy atom. The summed E-state index contributed by atoms with van der Waals surface area (Å²) in [5.41, 5.74) is 1.54. The third kappa shape index (κ3) is 3.39. The molecule has 1 N–H and O–H groups in total. The molecule has 0 aliphatic rings. The molecule has 2 heterocycles. The van der Waals surface area contributed by atoms with Crippen LogP contribution in [0, 0.1) is 0 Å². The predicted molar refractivity (Wildman–Crippen MR) is 101 cm³/mol. The largest absolute Gasteiger partial charge is 0.465 e. The summed E-state index contributed by atoms with van der Waals surface area (Å²) in [5.74, 6) is 0.243. The minimum atomic E-state index is -0.383. The first-order valence-electron chi connectivity index (χ1n) is 8.39. The first-order valence-corrected chi connectivity index (χ1v) is 8.39. The van der Waals surface area contributed by atoms with Crippen molar-refractivity contribution in [2.24, 2.45) is 7.05 Å². The van der Waals surface area contributed by atoms with E-state index in [4.69, 9.17) is 4.42 Å². The van der Waals surface area contributed by atoms with Crippen molar-refractivity contribution in [1.29, 1.82) is 0 Å². The lowest BCUT2D eigenvalue weighted by Crippen LogP contribution is -2.22. The van der Waals surface area contributed by atoms with Crippen LogP contribution in [0.1, 0.15) is 31.2 Å². The molecule has 0 saturated carbocycles. The van der Waals surface area contributed by atoms with Crippen molar-refractivity contribution in [1.82, 2.24) is 9.36 Å². The van der Waals surface area contributed by atoms with Crippen molar-refractivity contribution in [3.8, 4) is 5.69 Å². The zero-order chi connectivity index (χ0) is 18.7. The predicted octanol–water partition coefficient (Wildman–Crippen LogP) is 3.54. The highest BCUT2D eigenvalue weighted by Gasteiger charge is 2.22. The van der Waals surface area contributed by atoms with E-state index in [1.165, 1.54) is 12.3 Å². The van der Waals surface area contributed by atoms with Gasteiger partial charge in [0.25, 0.3) is 5.56 Å². The number of benzene rings is 1. The third-order valence-electron chi connectivity index (χ3n) is 4.05. The minimum Gasteiger partial charge on any atom is -0.465 e. The normalized spacial score (nSPS) is 11.4. The topological polar surface area (TPSA) is 69.2 Å². The van der Waals surface area contributed by atoms with E-state index >= 15 is 0 Å². The van der Waals surface area contributed by atoms with Gasteiger partial charge in [-0.2, -0.15) is 0 Å². The summed E-state index contributed by atoms with van der Waals surface area (Å²) in [6.45, 7) is 3.97. The van der Waals surface area contributed by atoms with Gasteiger partial charge in [-0.05, 0) is 36.3 Å². The van der Waals surface area contributed by atoms with Gasteiger partial charge < -0.3 is 9.73 Å². The molecule has 1 amide bonds. The maximum Gasteiger partial charge on any atom is 0.295 e. The van der Waals surface area contributed by atoms with Crippen LogP contribution in [0.5, 0.6) is 0 Å². The van der Waals surface area contributed by atoms with Gasteiger partial charge in [-0.25, -0.2) is 4.68 Å². The molecule has 0 aliphatic heterocycles. The van der Waals surface area contributed by atoms with Gasteiger partial charge in [0.2, 0.25) is 5.91 Å². The Balaban J connectivity index is 1.98. The number of carbonyl (C=O) groups excluding carboxylic acids is 1. The molecule has 3 aromatic rings. The lowest BCUT2D eigenvalue weighted by atomic mass is 10.1. The Bertz CT molecular complexity index is 977. The van der Waals surface area contributed by atoms with E-state index in [-0.39, 0.29) is 17.4 Å². The smallest absolute Gasteiger partial charge is 0.295 e. The molecular formula is C20H21N3O3. The first-order chi connectivity index (χ1) is 12.5. The highest BCUT2D eigenvalue weighted by atomic mass is 16.3. The average molecular weight is 351 g/mol. The van der Waals surface area contributed by atoms with Crippen molar-refractivity contribution in [3.05, 3.63) is 76.6 Å². The number of hydrogen-bond acceptors (Lipinski definition) is 3. The average Bonchev–Trinajstić information content (AvgIpc) is 3.21. The lowest BCUT2D eigenvalue weighted by Gasteiger charge is -2.12. The van der Waals surface area contributed by atoms with E-state index in [0.717, 1.165) is 11.4 Å². The number of furan rings is 1. The second-order valence-electron chi connectivity index (χ2n) is 6.23. The van der Waals surface area contributed by atoms with Crippen LogP contribution < -0.4 is 10.9 Å². The fourth-order valence-electron chi connectivity index (χ4n) is 2.97. The van der Waals surface area contributed by atoms with Crippen LogP contribution in [0.25, 0.3) is 11.8 Å². The van der Waals surface area contributed by atoms with Crippen LogP contribution in [0.15, 0.2) is 64.0 Å². The molecule has 3 rings (SSSR count). The number of rotatable bonds is 5. The zero-order valence-corrected chi connectivity index (χ0v) is 15.0. The van der Waals surface area contributed by atoms with Gasteiger partial charge in [-0.1, -0.05) is 32.0 Å². The second kappa shape index (κ2) is 7.31. The summed E-state index contributed by atoms with van der Waals surface area (Å²) >= 11 is 0. The molecular weight excluding hydrogens is 330 g/mol. The van der Waals surface area contributed by atoms with Gasteiger partial charge in [0.15, 0.2) is 0 Å². The Kier molecular flexibility index (Phi) is 4.93. The highest BCUT2D eigenvalue weighted by Crippen LogP contribution is 2.23. The molecule has 0 bridgehead atoms. The number of carbonyl (C=O) groups is 1.